The van der Waals surface area contributed by atoms with Crippen LogP contribution in [0, 0.1) is 12.7 Å². The number of hydrogen-bond donors (Lipinski definition) is 1. The van der Waals surface area contributed by atoms with E-state index in [1.165, 1.54) is 5.56 Å². The fraction of sp³-hybridized carbons (Fsp3) is 0.294. The number of halogens is 1. The maximum atomic E-state index is 14.0. The third-order valence-electron chi connectivity index (χ3n) is 3.15. The summed E-state index contributed by atoms with van der Waals surface area (Å²) in [4.78, 5) is 0. The highest BCUT2D eigenvalue weighted by Gasteiger charge is 2.05. The van der Waals surface area contributed by atoms with Crippen molar-refractivity contribution < 1.29 is 4.39 Å². The molecule has 2 heteroatoms. The molecule has 0 saturated carbocycles. The zero-order valence-corrected chi connectivity index (χ0v) is 11.5. The summed E-state index contributed by atoms with van der Waals surface area (Å²) in [5.41, 5.74) is 3.91. The van der Waals surface area contributed by atoms with Crippen molar-refractivity contribution in [2.45, 2.75) is 26.8 Å². The van der Waals surface area contributed by atoms with Crippen LogP contribution in [0.3, 0.4) is 0 Å². The van der Waals surface area contributed by atoms with Crippen LogP contribution in [0.25, 0.3) is 11.1 Å². The van der Waals surface area contributed by atoms with E-state index in [0.29, 0.717) is 6.54 Å². The van der Waals surface area contributed by atoms with Crippen LogP contribution in [-0.2, 0) is 6.54 Å². The molecule has 0 atom stereocenters. The van der Waals surface area contributed by atoms with E-state index < -0.39 is 0 Å². The van der Waals surface area contributed by atoms with Gasteiger partial charge in [-0.2, -0.15) is 0 Å². The number of hydrogen-bond acceptors (Lipinski definition) is 1. The maximum absolute atomic E-state index is 14.0. The Balaban J connectivity index is 2.19. The summed E-state index contributed by atoms with van der Waals surface area (Å²) in [6.07, 6.45) is 1.06. The van der Waals surface area contributed by atoms with Gasteiger partial charge >= 0.3 is 0 Å². The van der Waals surface area contributed by atoms with Crippen molar-refractivity contribution in [1.82, 2.24) is 5.32 Å². The molecule has 0 spiro atoms. The first-order valence-electron chi connectivity index (χ1n) is 6.77. The standard InChI is InChI=1S/C17H20FN/c1-3-9-19-12-16-8-7-15(11-17(16)18)14-6-4-5-13(2)10-14/h4-8,10-11,19H,3,9,12H2,1-2H3. The predicted molar refractivity (Wildman–Crippen MR) is 78.6 cm³/mol. The second kappa shape index (κ2) is 6.48. The van der Waals surface area contributed by atoms with Gasteiger partial charge in [0.2, 0.25) is 0 Å². The van der Waals surface area contributed by atoms with E-state index in [0.717, 1.165) is 29.7 Å². The molecular formula is C17H20FN. The largest absolute Gasteiger partial charge is 0.313 e. The normalized spacial score (nSPS) is 10.7. The van der Waals surface area contributed by atoms with Crippen LogP contribution in [0.5, 0.6) is 0 Å². The number of aryl methyl sites for hydroxylation is 1. The van der Waals surface area contributed by atoms with Gasteiger partial charge in [-0.15, -0.1) is 0 Å². The molecule has 0 bridgehead atoms. The van der Waals surface area contributed by atoms with E-state index in [2.05, 4.69) is 18.3 Å². The lowest BCUT2D eigenvalue weighted by atomic mass is 10.0. The number of benzene rings is 2. The van der Waals surface area contributed by atoms with Gasteiger partial charge in [-0.05, 0) is 37.1 Å². The summed E-state index contributed by atoms with van der Waals surface area (Å²) < 4.78 is 14.0. The lowest BCUT2D eigenvalue weighted by Crippen LogP contribution is -2.14. The molecule has 0 heterocycles. The van der Waals surface area contributed by atoms with Gasteiger partial charge in [-0.1, -0.05) is 48.9 Å². The summed E-state index contributed by atoms with van der Waals surface area (Å²) in [6.45, 7) is 5.65. The second-order valence-corrected chi connectivity index (χ2v) is 4.85. The zero-order valence-electron chi connectivity index (χ0n) is 11.5. The van der Waals surface area contributed by atoms with Gasteiger partial charge in [0.05, 0.1) is 0 Å². The SMILES string of the molecule is CCCNCc1ccc(-c2cccc(C)c2)cc1F. The van der Waals surface area contributed by atoms with Crippen LogP contribution in [0.2, 0.25) is 0 Å². The van der Waals surface area contributed by atoms with Crippen molar-refractivity contribution in [2.75, 3.05) is 6.54 Å². The molecule has 0 aliphatic carbocycles. The summed E-state index contributed by atoms with van der Waals surface area (Å²) in [7, 11) is 0. The van der Waals surface area contributed by atoms with E-state index in [-0.39, 0.29) is 5.82 Å². The van der Waals surface area contributed by atoms with Gasteiger partial charge in [0.15, 0.2) is 0 Å². The van der Waals surface area contributed by atoms with E-state index in [4.69, 9.17) is 0 Å². The Kier molecular flexibility index (Phi) is 4.69. The minimum atomic E-state index is -0.136. The summed E-state index contributed by atoms with van der Waals surface area (Å²) >= 11 is 0. The molecule has 0 radical (unpaired) electrons. The van der Waals surface area contributed by atoms with Crippen LogP contribution >= 0.6 is 0 Å². The van der Waals surface area contributed by atoms with Crippen molar-refractivity contribution in [3.63, 3.8) is 0 Å². The topological polar surface area (TPSA) is 12.0 Å². The Bertz CT molecular complexity index is 549. The van der Waals surface area contributed by atoms with Crippen LogP contribution in [0.4, 0.5) is 4.39 Å². The molecule has 1 nitrogen and oxygen atoms in total. The molecule has 0 aliphatic heterocycles. The molecule has 0 saturated heterocycles. The minimum absolute atomic E-state index is 0.136. The summed E-state index contributed by atoms with van der Waals surface area (Å²) in [6, 6.07) is 13.6. The third-order valence-corrected chi connectivity index (χ3v) is 3.15. The Morgan fingerprint density at radius 1 is 1.05 bits per heavy atom. The Labute approximate surface area is 114 Å². The highest BCUT2D eigenvalue weighted by Crippen LogP contribution is 2.22. The quantitative estimate of drug-likeness (QED) is 0.787. The molecule has 0 amide bonds. The van der Waals surface area contributed by atoms with Gasteiger partial charge in [0.25, 0.3) is 0 Å². The Morgan fingerprint density at radius 3 is 2.53 bits per heavy atom. The maximum Gasteiger partial charge on any atom is 0.128 e. The van der Waals surface area contributed by atoms with Crippen molar-refractivity contribution in [3.8, 4) is 11.1 Å². The second-order valence-electron chi connectivity index (χ2n) is 4.85. The first-order valence-corrected chi connectivity index (χ1v) is 6.77. The summed E-state index contributed by atoms with van der Waals surface area (Å²) in [5, 5.41) is 3.22. The average Bonchev–Trinajstić information content (AvgIpc) is 2.41. The molecule has 100 valence electrons. The van der Waals surface area contributed by atoms with Crippen LogP contribution in [0.1, 0.15) is 24.5 Å². The predicted octanol–water partition coefficient (Wildman–Crippen LogP) is 4.30. The Hall–Kier alpha value is -1.67. The number of nitrogens with one attached hydrogen (secondary N) is 1. The molecule has 0 fully saturated rings. The highest BCUT2D eigenvalue weighted by molar-refractivity contribution is 5.64. The fourth-order valence-electron chi connectivity index (χ4n) is 2.09. The van der Waals surface area contributed by atoms with Crippen LogP contribution < -0.4 is 5.32 Å². The first-order chi connectivity index (χ1) is 9.20. The van der Waals surface area contributed by atoms with E-state index in [1.807, 2.05) is 37.3 Å². The molecule has 2 aromatic carbocycles. The van der Waals surface area contributed by atoms with Crippen molar-refractivity contribution in [1.29, 1.82) is 0 Å². The lowest BCUT2D eigenvalue weighted by molar-refractivity contribution is 0.587. The van der Waals surface area contributed by atoms with Gasteiger partial charge in [-0.25, -0.2) is 4.39 Å². The van der Waals surface area contributed by atoms with Gasteiger partial charge in [0.1, 0.15) is 5.82 Å². The zero-order chi connectivity index (χ0) is 13.7. The van der Waals surface area contributed by atoms with E-state index in [1.54, 1.807) is 6.07 Å². The van der Waals surface area contributed by atoms with Crippen LogP contribution in [-0.4, -0.2) is 6.54 Å². The Morgan fingerprint density at radius 2 is 1.84 bits per heavy atom. The molecular weight excluding hydrogens is 237 g/mol. The highest BCUT2D eigenvalue weighted by atomic mass is 19.1. The summed E-state index contributed by atoms with van der Waals surface area (Å²) in [5.74, 6) is -0.136. The number of rotatable bonds is 5. The first kappa shape index (κ1) is 13.8. The average molecular weight is 257 g/mol. The van der Waals surface area contributed by atoms with Gasteiger partial charge < -0.3 is 5.32 Å². The molecule has 0 unspecified atom stereocenters. The molecule has 2 aromatic rings. The molecule has 0 aromatic heterocycles. The molecule has 2 rings (SSSR count). The van der Waals surface area contributed by atoms with E-state index >= 15 is 0 Å². The third kappa shape index (κ3) is 3.65. The minimum Gasteiger partial charge on any atom is -0.313 e. The van der Waals surface area contributed by atoms with Crippen molar-refractivity contribution in [3.05, 3.63) is 59.4 Å². The van der Waals surface area contributed by atoms with Crippen molar-refractivity contribution >= 4 is 0 Å². The molecule has 1 N–H and O–H groups in total. The monoisotopic (exact) mass is 257 g/mol. The van der Waals surface area contributed by atoms with Crippen molar-refractivity contribution in [2.24, 2.45) is 0 Å². The van der Waals surface area contributed by atoms with Crippen LogP contribution in [0.15, 0.2) is 42.5 Å². The lowest BCUT2D eigenvalue weighted by Gasteiger charge is -2.08. The molecule has 0 aliphatic rings. The smallest absolute Gasteiger partial charge is 0.128 e. The van der Waals surface area contributed by atoms with Gasteiger partial charge in [-0.3, -0.25) is 0 Å². The molecule has 19 heavy (non-hydrogen) atoms. The fourth-order valence-corrected chi connectivity index (χ4v) is 2.09. The van der Waals surface area contributed by atoms with Gasteiger partial charge in [0, 0.05) is 12.1 Å². The van der Waals surface area contributed by atoms with E-state index in [9.17, 15) is 4.39 Å².